The number of hydrogen-bond acceptors (Lipinski definition) is 3. The van der Waals surface area contributed by atoms with Crippen LogP contribution in [0.3, 0.4) is 0 Å². The van der Waals surface area contributed by atoms with Crippen LogP contribution < -0.4 is 5.73 Å². The Labute approximate surface area is 92.7 Å². The lowest BCUT2D eigenvalue weighted by atomic mass is 10.0. The van der Waals surface area contributed by atoms with E-state index < -0.39 is 12.0 Å². The van der Waals surface area contributed by atoms with E-state index in [1.54, 1.807) is 6.20 Å². The molecule has 0 aliphatic heterocycles. The third-order valence-corrected chi connectivity index (χ3v) is 2.44. The van der Waals surface area contributed by atoms with Gasteiger partial charge in [-0.15, -0.1) is 0 Å². The van der Waals surface area contributed by atoms with Crippen molar-refractivity contribution in [1.82, 2.24) is 4.98 Å². The number of carboxylic acids is 1. The summed E-state index contributed by atoms with van der Waals surface area (Å²) in [5, 5.41) is 9.72. The fraction of sp³-hybridized carbons (Fsp3) is 0.167. The van der Waals surface area contributed by atoms with Crippen LogP contribution in [0.1, 0.15) is 5.56 Å². The number of aliphatic carboxylic acids is 1. The van der Waals surface area contributed by atoms with E-state index >= 15 is 0 Å². The van der Waals surface area contributed by atoms with Gasteiger partial charge in [-0.3, -0.25) is 9.78 Å². The number of pyridine rings is 1. The predicted molar refractivity (Wildman–Crippen MR) is 61.1 cm³/mol. The Morgan fingerprint density at radius 1 is 1.44 bits per heavy atom. The largest absolute Gasteiger partial charge is 0.480 e. The average molecular weight is 216 g/mol. The van der Waals surface area contributed by atoms with Gasteiger partial charge >= 0.3 is 5.97 Å². The molecule has 0 radical (unpaired) electrons. The van der Waals surface area contributed by atoms with E-state index in [4.69, 9.17) is 10.8 Å². The van der Waals surface area contributed by atoms with Crippen LogP contribution in [0.4, 0.5) is 0 Å². The lowest BCUT2D eigenvalue weighted by molar-refractivity contribution is -0.138. The molecule has 0 saturated heterocycles. The number of carbonyl (C=O) groups is 1. The summed E-state index contributed by atoms with van der Waals surface area (Å²) < 4.78 is 0. The molecule has 0 saturated carbocycles. The van der Waals surface area contributed by atoms with Gasteiger partial charge < -0.3 is 10.8 Å². The van der Waals surface area contributed by atoms with Gasteiger partial charge in [0.05, 0.1) is 5.52 Å². The van der Waals surface area contributed by atoms with Crippen LogP contribution >= 0.6 is 0 Å². The number of nitrogens with two attached hydrogens (primary N) is 1. The molecule has 4 heteroatoms. The predicted octanol–water partition coefficient (Wildman–Crippen LogP) is 1.19. The summed E-state index contributed by atoms with van der Waals surface area (Å²) in [6.07, 6.45) is 2.06. The Morgan fingerprint density at radius 2 is 2.25 bits per heavy atom. The smallest absolute Gasteiger partial charge is 0.320 e. The summed E-state index contributed by atoms with van der Waals surface area (Å²) in [6.45, 7) is 0. The second-order valence-electron chi connectivity index (χ2n) is 3.68. The van der Waals surface area contributed by atoms with Crippen molar-refractivity contribution in [3.63, 3.8) is 0 Å². The van der Waals surface area contributed by atoms with Crippen molar-refractivity contribution in [3.05, 3.63) is 42.1 Å². The maximum atomic E-state index is 10.6. The Bertz CT molecular complexity index is 525. The van der Waals surface area contributed by atoms with E-state index in [1.165, 1.54) is 0 Å². The molecule has 1 heterocycles. The van der Waals surface area contributed by atoms with Crippen molar-refractivity contribution in [2.75, 3.05) is 0 Å². The van der Waals surface area contributed by atoms with E-state index in [0.29, 0.717) is 6.42 Å². The quantitative estimate of drug-likeness (QED) is 0.808. The van der Waals surface area contributed by atoms with Gasteiger partial charge in [-0.05, 0) is 30.2 Å². The number of hydrogen-bond donors (Lipinski definition) is 2. The van der Waals surface area contributed by atoms with Crippen molar-refractivity contribution in [2.45, 2.75) is 12.5 Å². The van der Waals surface area contributed by atoms with Gasteiger partial charge in [0.2, 0.25) is 0 Å². The standard InChI is InChI=1S/C12H12N2O2/c13-10(12(15)16)7-8-3-4-11-9(6-8)2-1-5-14-11/h1-6,10H,7,13H2,(H,15,16)/t10-/m0/s1. The van der Waals surface area contributed by atoms with Crippen LogP contribution in [0, 0.1) is 0 Å². The van der Waals surface area contributed by atoms with Crippen LogP contribution in [0.25, 0.3) is 10.9 Å². The molecule has 0 spiro atoms. The van der Waals surface area contributed by atoms with Crippen LogP contribution in [-0.2, 0) is 11.2 Å². The minimum absolute atomic E-state index is 0.333. The molecule has 0 aliphatic rings. The normalized spacial score (nSPS) is 12.6. The van der Waals surface area contributed by atoms with E-state index in [2.05, 4.69) is 4.98 Å². The summed E-state index contributed by atoms with van der Waals surface area (Å²) >= 11 is 0. The van der Waals surface area contributed by atoms with Crippen molar-refractivity contribution < 1.29 is 9.90 Å². The van der Waals surface area contributed by atoms with E-state index in [0.717, 1.165) is 16.5 Å². The summed E-state index contributed by atoms with van der Waals surface area (Å²) in [5.74, 6) is -0.980. The molecule has 0 unspecified atom stereocenters. The maximum Gasteiger partial charge on any atom is 0.320 e. The number of rotatable bonds is 3. The van der Waals surface area contributed by atoms with Crippen LogP contribution in [0.5, 0.6) is 0 Å². The van der Waals surface area contributed by atoms with Crippen molar-refractivity contribution in [2.24, 2.45) is 5.73 Å². The van der Waals surface area contributed by atoms with Crippen LogP contribution in [0.2, 0.25) is 0 Å². The molecule has 16 heavy (non-hydrogen) atoms. The minimum atomic E-state index is -0.980. The van der Waals surface area contributed by atoms with Crippen molar-refractivity contribution >= 4 is 16.9 Å². The molecule has 2 aromatic rings. The van der Waals surface area contributed by atoms with E-state index in [9.17, 15) is 4.79 Å². The molecular formula is C12H12N2O2. The summed E-state index contributed by atoms with van der Waals surface area (Å²) in [4.78, 5) is 14.8. The molecular weight excluding hydrogens is 204 g/mol. The zero-order valence-corrected chi connectivity index (χ0v) is 8.63. The highest BCUT2D eigenvalue weighted by Crippen LogP contribution is 2.14. The lowest BCUT2D eigenvalue weighted by Crippen LogP contribution is -2.32. The Hall–Kier alpha value is -1.94. The van der Waals surface area contributed by atoms with Crippen LogP contribution in [-0.4, -0.2) is 22.1 Å². The fourth-order valence-corrected chi connectivity index (χ4v) is 1.59. The molecule has 4 nitrogen and oxygen atoms in total. The van der Waals surface area contributed by atoms with E-state index in [-0.39, 0.29) is 0 Å². The number of aromatic nitrogens is 1. The lowest BCUT2D eigenvalue weighted by Gasteiger charge is -2.07. The summed E-state index contributed by atoms with van der Waals surface area (Å²) in [5.41, 5.74) is 7.29. The Balaban J connectivity index is 2.29. The first-order chi connectivity index (χ1) is 7.66. The SMILES string of the molecule is N[C@@H](Cc1ccc2ncccc2c1)C(=O)O. The second-order valence-corrected chi connectivity index (χ2v) is 3.68. The molecule has 0 aliphatic carbocycles. The first kappa shape index (κ1) is 10.6. The molecule has 0 bridgehead atoms. The molecule has 82 valence electrons. The molecule has 1 aromatic carbocycles. The Kier molecular flexibility index (Phi) is 2.83. The first-order valence-electron chi connectivity index (χ1n) is 4.99. The number of nitrogens with zero attached hydrogens (tertiary/aromatic N) is 1. The van der Waals surface area contributed by atoms with Gasteiger partial charge in [0.1, 0.15) is 6.04 Å². The molecule has 0 fully saturated rings. The first-order valence-corrected chi connectivity index (χ1v) is 4.99. The van der Waals surface area contributed by atoms with Crippen molar-refractivity contribution in [3.8, 4) is 0 Å². The van der Waals surface area contributed by atoms with E-state index in [1.807, 2.05) is 30.3 Å². The molecule has 1 atom stereocenters. The highest BCUT2D eigenvalue weighted by molar-refractivity contribution is 5.79. The number of fused-ring (bicyclic) bond motifs is 1. The minimum Gasteiger partial charge on any atom is -0.480 e. The third kappa shape index (κ3) is 2.17. The van der Waals surface area contributed by atoms with Gasteiger partial charge in [-0.2, -0.15) is 0 Å². The second kappa shape index (κ2) is 4.28. The zero-order valence-electron chi connectivity index (χ0n) is 8.63. The van der Waals surface area contributed by atoms with Crippen LogP contribution in [0.15, 0.2) is 36.5 Å². The highest BCUT2D eigenvalue weighted by Gasteiger charge is 2.12. The summed E-state index contributed by atoms with van der Waals surface area (Å²) in [7, 11) is 0. The Morgan fingerprint density at radius 3 is 3.00 bits per heavy atom. The van der Waals surface area contributed by atoms with Gasteiger partial charge in [-0.25, -0.2) is 0 Å². The third-order valence-electron chi connectivity index (χ3n) is 2.44. The van der Waals surface area contributed by atoms with Gasteiger partial charge in [0, 0.05) is 11.6 Å². The molecule has 3 N–H and O–H groups in total. The molecule has 1 aromatic heterocycles. The van der Waals surface area contributed by atoms with Crippen molar-refractivity contribution in [1.29, 1.82) is 0 Å². The molecule has 2 rings (SSSR count). The highest BCUT2D eigenvalue weighted by atomic mass is 16.4. The van der Waals surface area contributed by atoms with Gasteiger partial charge in [0.15, 0.2) is 0 Å². The van der Waals surface area contributed by atoms with Gasteiger partial charge in [-0.1, -0.05) is 12.1 Å². The number of carboxylic acid groups (broad SMARTS) is 1. The average Bonchev–Trinajstić information content (AvgIpc) is 2.28. The zero-order chi connectivity index (χ0) is 11.5. The number of benzene rings is 1. The van der Waals surface area contributed by atoms with Gasteiger partial charge in [0.25, 0.3) is 0 Å². The monoisotopic (exact) mass is 216 g/mol. The maximum absolute atomic E-state index is 10.6. The topological polar surface area (TPSA) is 76.2 Å². The molecule has 0 amide bonds. The summed E-state index contributed by atoms with van der Waals surface area (Å²) in [6, 6.07) is 8.60. The fourth-order valence-electron chi connectivity index (χ4n) is 1.59.